The second-order valence-corrected chi connectivity index (χ2v) is 6.03. The average molecular weight is 356 g/mol. The van der Waals surface area contributed by atoms with Gasteiger partial charge in [-0.2, -0.15) is 0 Å². The third-order valence-corrected chi connectivity index (χ3v) is 3.86. The lowest BCUT2D eigenvalue weighted by Gasteiger charge is -2.15. The van der Waals surface area contributed by atoms with Crippen molar-refractivity contribution in [1.82, 2.24) is 4.98 Å². The SMILES string of the molecule is CC(C)c1cc(Br)ccc1Oc1nccc(CN)c1Cl. The van der Waals surface area contributed by atoms with Gasteiger partial charge in [0.15, 0.2) is 0 Å². The van der Waals surface area contributed by atoms with Crippen molar-refractivity contribution >= 4 is 27.5 Å². The molecule has 2 rings (SSSR count). The summed E-state index contributed by atoms with van der Waals surface area (Å²) in [6.07, 6.45) is 1.65. The number of hydrogen-bond donors (Lipinski definition) is 1. The van der Waals surface area contributed by atoms with E-state index in [-0.39, 0.29) is 0 Å². The van der Waals surface area contributed by atoms with Crippen LogP contribution >= 0.6 is 27.5 Å². The third kappa shape index (κ3) is 3.32. The van der Waals surface area contributed by atoms with Crippen LogP contribution in [-0.2, 0) is 6.54 Å². The number of aromatic nitrogens is 1. The first-order valence-corrected chi connectivity index (χ1v) is 7.50. The fraction of sp³-hybridized carbons (Fsp3) is 0.267. The van der Waals surface area contributed by atoms with Crippen LogP contribution < -0.4 is 10.5 Å². The van der Waals surface area contributed by atoms with E-state index in [0.29, 0.717) is 23.4 Å². The van der Waals surface area contributed by atoms with E-state index >= 15 is 0 Å². The third-order valence-electron chi connectivity index (χ3n) is 2.96. The van der Waals surface area contributed by atoms with E-state index in [1.165, 1.54) is 0 Å². The highest BCUT2D eigenvalue weighted by Gasteiger charge is 2.13. The summed E-state index contributed by atoms with van der Waals surface area (Å²) >= 11 is 9.72. The van der Waals surface area contributed by atoms with E-state index in [0.717, 1.165) is 21.3 Å². The lowest BCUT2D eigenvalue weighted by molar-refractivity contribution is 0.454. The van der Waals surface area contributed by atoms with Gasteiger partial charge in [-0.3, -0.25) is 0 Å². The number of nitrogens with two attached hydrogens (primary N) is 1. The fourth-order valence-electron chi connectivity index (χ4n) is 1.86. The van der Waals surface area contributed by atoms with Crippen LogP contribution in [-0.4, -0.2) is 4.98 Å². The predicted octanol–water partition coefficient (Wildman–Crippen LogP) is 4.87. The second-order valence-electron chi connectivity index (χ2n) is 4.73. The number of pyridine rings is 1. The van der Waals surface area contributed by atoms with Crippen LogP contribution in [0.1, 0.15) is 30.9 Å². The van der Waals surface area contributed by atoms with Gasteiger partial charge in [-0.1, -0.05) is 41.4 Å². The maximum Gasteiger partial charge on any atom is 0.238 e. The molecule has 1 aromatic heterocycles. The minimum absolute atomic E-state index is 0.332. The molecule has 0 unspecified atom stereocenters. The molecule has 2 aromatic rings. The highest BCUT2D eigenvalue weighted by molar-refractivity contribution is 9.10. The Morgan fingerprint density at radius 1 is 1.35 bits per heavy atom. The Kier molecular flexibility index (Phi) is 5.02. The van der Waals surface area contributed by atoms with Gasteiger partial charge in [0.1, 0.15) is 10.8 Å². The van der Waals surface area contributed by atoms with E-state index < -0.39 is 0 Å². The van der Waals surface area contributed by atoms with Gasteiger partial charge in [0.05, 0.1) is 0 Å². The number of halogens is 2. The fourth-order valence-corrected chi connectivity index (χ4v) is 2.46. The molecule has 0 fully saturated rings. The Labute approximate surface area is 132 Å². The van der Waals surface area contributed by atoms with Crippen molar-refractivity contribution in [2.75, 3.05) is 0 Å². The summed E-state index contributed by atoms with van der Waals surface area (Å²) in [6, 6.07) is 7.68. The van der Waals surface area contributed by atoms with Gasteiger partial charge in [0, 0.05) is 17.2 Å². The van der Waals surface area contributed by atoms with Gasteiger partial charge in [0.25, 0.3) is 0 Å². The number of hydrogen-bond acceptors (Lipinski definition) is 3. The Bertz CT molecular complexity index is 617. The van der Waals surface area contributed by atoms with Crippen LogP contribution in [0.3, 0.4) is 0 Å². The summed E-state index contributed by atoms with van der Waals surface area (Å²) in [5.74, 6) is 1.48. The molecule has 0 amide bonds. The summed E-state index contributed by atoms with van der Waals surface area (Å²) in [5, 5.41) is 0.465. The van der Waals surface area contributed by atoms with E-state index in [1.807, 2.05) is 18.2 Å². The van der Waals surface area contributed by atoms with Gasteiger partial charge in [0.2, 0.25) is 5.88 Å². The maximum atomic E-state index is 6.25. The van der Waals surface area contributed by atoms with Crippen LogP contribution in [0.5, 0.6) is 11.6 Å². The highest BCUT2D eigenvalue weighted by atomic mass is 79.9. The quantitative estimate of drug-likeness (QED) is 0.851. The van der Waals surface area contributed by atoms with E-state index in [1.54, 1.807) is 12.3 Å². The molecule has 0 spiro atoms. The monoisotopic (exact) mass is 354 g/mol. The lowest BCUT2D eigenvalue weighted by Crippen LogP contribution is -2.01. The molecule has 3 nitrogen and oxygen atoms in total. The average Bonchev–Trinajstić information content (AvgIpc) is 2.42. The lowest BCUT2D eigenvalue weighted by atomic mass is 10.0. The summed E-state index contributed by atoms with van der Waals surface area (Å²) in [6.45, 7) is 4.58. The molecule has 0 radical (unpaired) electrons. The van der Waals surface area contributed by atoms with Crippen LogP contribution in [0.2, 0.25) is 5.02 Å². The molecular formula is C15H16BrClN2O. The zero-order valence-corrected chi connectivity index (χ0v) is 13.7. The molecule has 20 heavy (non-hydrogen) atoms. The van der Waals surface area contributed by atoms with Gasteiger partial charge >= 0.3 is 0 Å². The van der Waals surface area contributed by atoms with E-state index in [4.69, 9.17) is 22.1 Å². The second kappa shape index (κ2) is 6.57. The van der Waals surface area contributed by atoms with Gasteiger partial charge in [-0.05, 0) is 41.3 Å². The first-order chi connectivity index (χ1) is 9.52. The zero-order chi connectivity index (χ0) is 14.7. The number of nitrogens with zero attached hydrogens (tertiary/aromatic N) is 1. The molecule has 0 bridgehead atoms. The summed E-state index contributed by atoms with van der Waals surface area (Å²) in [4.78, 5) is 4.18. The zero-order valence-electron chi connectivity index (χ0n) is 11.4. The molecular weight excluding hydrogens is 340 g/mol. The molecule has 0 atom stereocenters. The molecule has 0 saturated carbocycles. The largest absolute Gasteiger partial charge is 0.437 e. The van der Waals surface area contributed by atoms with Crippen molar-refractivity contribution in [3.05, 3.63) is 51.1 Å². The molecule has 0 aliphatic rings. The van der Waals surface area contributed by atoms with Crippen LogP contribution in [0.25, 0.3) is 0 Å². The van der Waals surface area contributed by atoms with Gasteiger partial charge < -0.3 is 10.5 Å². The van der Waals surface area contributed by atoms with Gasteiger partial charge in [-0.25, -0.2) is 4.98 Å². The molecule has 1 heterocycles. The Balaban J connectivity index is 2.40. The maximum absolute atomic E-state index is 6.25. The normalized spacial score (nSPS) is 10.9. The van der Waals surface area contributed by atoms with Crippen molar-refractivity contribution in [2.24, 2.45) is 5.73 Å². The first-order valence-electron chi connectivity index (χ1n) is 6.33. The molecule has 2 N–H and O–H groups in total. The van der Waals surface area contributed by atoms with Crippen LogP contribution in [0.4, 0.5) is 0 Å². The summed E-state index contributed by atoms with van der Waals surface area (Å²) in [7, 11) is 0. The van der Waals surface area contributed by atoms with Crippen molar-refractivity contribution < 1.29 is 4.74 Å². The summed E-state index contributed by atoms with van der Waals surface area (Å²) in [5.41, 5.74) is 7.55. The Morgan fingerprint density at radius 2 is 2.10 bits per heavy atom. The van der Waals surface area contributed by atoms with Crippen molar-refractivity contribution in [3.8, 4) is 11.6 Å². The van der Waals surface area contributed by atoms with Crippen molar-refractivity contribution in [3.63, 3.8) is 0 Å². The molecule has 0 saturated heterocycles. The number of rotatable bonds is 4. The van der Waals surface area contributed by atoms with Gasteiger partial charge in [-0.15, -0.1) is 0 Å². The Morgan fingerprint density at radius 3 is 2.75 bits per heavy atom. The van der Waals surface area contributed by atoms with Crippen molar-refractivity contribution in [2.45, 2.75) is 26.3 Å². The van der Waals surface area contributed by atoms with E-state index in [9.17, 15) is 0 Å². The minimum Gasteiger partial charge on any atom is -0.437 e. The van der Waals surface area contributed by atoms with Crippen LogP contribution in [0, 0.1) is 0 Å². The smallest absolute Gasteiger partial charge is 0.238 e. The molecule has 0 aliphatic heterocycles. The molecule has 0 aliphatic carbocycles. The van der Waals surface area contributed by atoms with Crippen molar-refractivity contribution in [1.29, 1.82) is 0 Å². The summed E-state index contributed by atoms with van der Waals surface area (Å²) < 4.78 is 6.90. The molecule has 1 aromatic carbocycles. The minimum atomic E-state index is 0.332. The number of ether oxygens (including phenoxy) is 1. The van der Waals surface area contributed by atoms with Crippen LogP contribution in [0.15, 0.2) is 34.9 Å². The Hall–Kier alpha value is -1.10. The predicted molar refractivity (Wildman–Crippen MR) is 85.4 cm³/mol. The standard InChI is InChI=1S/C15H16BrClN2O/c1-9(2)12-7-11(16)3-4-13(12)20-15-14(17)10(8-18)5-6-19-15/h3-7,9H,8,18H2,1-2H3. The highest BCUT2D eigenvalue weighted by Crippen LogP contribution is 2.35. The molecule has 5 heteroatoms. The topological polar surface area (TPSA) is 48.1 Å². The first kappa shape index (κ1) is 15.3. The van der Waals surface area contributed by atoms with E-state index in [2.05, 4.69) is 34.8 Å². The number of benzene rings is 1. The molecule has 106 valence electrons.